The Morgan fingerprint density at radius 3 is 1.80 bits per heavy atom. The van der Waals surface area contributed by atoms with Crippen molar-refractivity contribution in [1.29, 1.82) is 0 Å². The standard InChI is InChI=1S/C41H74O8/c1-4-5-18-24-34(42)28-29-37-36(38(44)30-39(37)45)25-21-22-27-41(47)49-32-35(43)31-48-40(46)26-20-17-15-13-11-9-7-6-8-10-12-14-16-19-23-33(2)3/h21-22,28-29,33-39,42-45H,4-20,23-27,30-32H2,1-3H3/b22-21-,29-28+/t34-,35+,36+,37-,38+,39-/m1/s1. The molecule has 1 fully saturated rings. The predicted octanol–water partition coefficient (Wildman–Crippen LogP) is 8.52. The quantitative estimate of drug-likeness (QED) is 0.0323. The van der Waals surface area contributed by atoms with Gasteiger partial charge in [0.05, 0.1) is 24.7 Å². The van der Waals surface area contributed by atoms with Crippen molar-refractivity contribution in [1.82, 2.24) is 0 Å². The van der Waals surface area contributed by atoms with Crippen molar-refractivity contribution in [3.05, 3.63) is 24.3 Å². The number of aliphatic hydroxyl groups excluding tert-OH is 4. The van der Waals surface area contributed by atoms with Crippen LogP contribution in [0.5, 0.6) is 0 Å². The Kier molecular flexibility index (Phi) is 27.7. The van der Waals surface area contributed by atoms with Crippen LogP contribution in [0.2, 0.25) is 0 Å². The summed E-state index contributed by atoms with van der Waals surface area (Å²) in [4.78, 5) is 24.1. The van der Waals surface area contributed by atoms with Crippen molar-refractivity contribution in [2.75, 3.05) is 13.2 Å². The normalized spacial score (nSPS) is 20.8. The molecule has 1 aliphatic rings. The number of carbonyl (C=O) groups excluding carboxylic acids is 2. The molecule has 0 spiro atoms. The van der Waals surface area contributed by atoms with Gasteiger partial charge in [0.15, 0.2) is 0 Å². The summed E-state index contributed by atoms with van der Waals surface area (Å²) in [5.74, 6) is -0.487. The van der Waals surface area contributed by atoms with E-state index in [1.54, 1.807) is 18.2 Å². The lowest BCUT2D eigenvalue weighted by Crippen LogP contribution is -2.25. The van der Waals surface area contributed by atoms with Crippen molar-refractivity contribution < 1.29 is 39.5 Å². The lowest BCUT2D eigenvalue weighted by atomic mass is 9.89. The molecule has 0 aromatic carbocycles. The molecule has 4 N–H and O–H groups in total. The summed E-state index contributed by atoms with van der Waals surface area (Å²) in [5, 5.41) is 41.1. The highest BCUT2D eigenvalue weighted by molar-refractivity contribution is 5.71. The Bertz CT molecular complexity index is 872. The molecule has 0 bridgehead atoms. The van der Waals surface area contributed by atoms with E-state index in [1.807, 2.05) is 6.08 Å². The molecule has 6 atom stereocenters. The van der Waals surface area contributed by atoms with Gasteiger partial charge in [-0.2, -0.15) is 0 Å². The molecule has 0 aromatic rings. The van der Waals surface area contributed by atoms with Crippen LogP contribution < -0.4 is 0 Å². The Hall–Kier alpha value is -1.74. The molecule has 0 aliphatic heterocycles. The molecule has 8 nitrogen and oxygen atoms in total. The molecule has 0 saturated heterocycles. The molecule has 0 amide bonds. The minimum Gasteiger partial charge on any atom is -0.463 e. The zero-order valence-corrected chi connectivity index (χ0v) is 31.5. The first-order chi connectivity index (χ1) is 23.6. The number of ether oxygens (including phenoxy) is 2. The number of aliphatic hydroxyl groups is 4. The number of esters is 2. The lowest BCUT2D eigenvalue weighted by Gasteiger charge is -2.19. The fraction of sp³-hybridized carbons (Fsp3) is 0.854. The van der Waals surface area contributed by atoms with Gasteiger partial charge in [0.1, 0.15) is 19.3 Å². The second kappa shape index (κ2) is 29.9. The number of hydrogen-bond acceptors (Lipinski definition) is 8. The molecule has 8 heteroatoms. The first kappa shape index (κ1) is 45.3. The number of unbranched alkanes of at least 4 members (excludes halogenated alkanes) is 15. The summed E-state index contributed by atoms with van der Waals surface area (Å²) >= 11 is 0. The topological polar surface area (TPSA) is 134 Å². The van der Waals surface area contributed by atoms with E-state index in [-0.39, 0.29) is 43.9 Å². The van der Waals surface area contributed by atoms with Crippen molar-refractivity contribution in [2.45, 2.75) is 193 Å². The third kappa shape index (κ3) is 25.0. The van der Waals surface area contributed by atoms with Gasteiger partial charge in [-0.25, -0.2) is 0 Å². The summed E-state index contributed by atoms with van der Waals surface area (Å²) in [6, 6.07) is 0. The van der Waals surface area contributed by atoms with Crippen molar-refractivity contribution in [2.24, 2.45) is 17.8 Å². The van der Waals surface area contributed by atoms with Crippen LogP contribution in [0.3, 0.4) is 0 Å². The predicted molar refractivity (Wildman–Crippen MR) is 198 cm³/mol. The SMILES string of the molecule is CCCCC[C@@H](O)/C=C/[C@@H]1[C@H](C/C=C\CC(=O)OC[C@@H](O)COC(=O)CCCCCCCCCCCCCCCCC(C)C)[C@@H](O)C[C@H]1O. The van der Waals surface area contributed by atoms with Gasteiger partial charge in [0.25, 0.3) is 0 Å². The summed E-state index contributed by atoms with van der Waals surface area (Å²) < 4.78 is 10.3. The highest BCUT2D eigenvalue weighted by Crippen LogP contribution is 2.36. The summed E-state index contributed by atoms with van der Waals surface area (Å²) in [7, 11) is 0. The van der Waals surface area contributed by atoms with Crippen LogP contribution in [-0.2, 0) is 19.1 Å². The molecule has 0 heterocycles. The van der Waals surface area contributed by atoms with Crippen LogP contribution in [-0.4, -0.2) is 70.0 Å². The van der Waals surface area contributed by atoms with Gasteiger partial charge >= 0.3 is 11.9 Å². The number of rotatable bonds is 31. The molecule has 1 rings (SSSR count). The van der Waals surface area contributed by atoms with E-state index in [0.717, 1.165) is 44.4 Å². The highest BCUT2D eigenvalue weighted by Gasteiger charge is 2.39. The Balaban J connectivity index is 2.04. The average molecular weight is 695 g/mol. The first-order valence-electron chi connectivity index (χ1n) is 20.0. The number of hydrogen-bond donors (Lipinski definition) is 4. The third-order valence-electron chi connectivity index (χ3n) is 9.72. The molecule has 49 heavy (non-hydrogen) atoms. The van der Waals surface area contributed by atoms with Gasteiger partial charge in [0.2, 0.25) is 0 Å². The Morgan fingerprint density at radius 1 is 0.694 bits per heavy atom. The van der Waals surface area contributed by atoms with Gasteiger partial charge in [-0.15, -0.1) is 0 Å². The second-order valence-electron chi connectivity index (χ2n) is 14.9. The van der Waals surface area contributed by atoms with E-state index in [9.17, 15) is 30.0 Å². The maximum absolute atomic E-state index is 12.1. The monoisotopic (exact) mass is 695 g/mol. The van der Waals surface area contributed by atoms with Gasteiger partial charge in [-0.05, 0) is 31.1 Å². The van der Waals surface area contributed by atoms with E-state index in [4.69, 9.17) is 9.47 Å². The molecule has 286 valence electrons. The number of allylic oxidation sites excluding steroid dienone is 1. The number of carbonyl (C=O) groups is 2. The zero-order valence-electron chi connectivity index (χ0n) is 31.5. The van der Waals surface area contributed by atoms with Gasteiger partial charge in [-0.3, -0.25) is 9.59 Å². The first-order valence-corrected chi connectivity index (χ1v) is 20.0. The van der Waals surface area contributed by atoms with Gasteiger partial charge < -0.3 is 29.9 Å². The minimum atomic E-state index is -1.08. The van der Waals surface area contributed by atoms with Crippen LogP contribution in [0.15, 0.2) is 24.3 Å². The summed E-state index contributed by atoms with van der Waals surface area (Å²) in [5.41, 5.74) is 0. The highest BCUT2D eigenvalue weighted by atomic mass is 16.6. The minimum absolute atomic E-state index is 0.00724. The second-order valence-corrected chi connectivity index (χ2v) is 14.9. The Labute approximate surface area is 299 Å². The van der Waals surface area contributed by atoms with Crippen molar-refractivity contribution in [3.63, 3.8) is 0 Å². The molecular weight excluding hydrogens is 620 g/mol. The zero-order chi connectivity index (χ0) is 36.1. The molecular formula is C41H74O8. The van der Waals surface area contributed by atoms with Crippen LogP contribution in [0.4, 0.5) is 0 Å². The molecule has 0 unspecified atom stereocenters. The largest absolute Gasteiger partial charge is 0.463 e. The fourth-order valence-corrected chi connectivity index (χ4v) is 6.60. The smallest absolute Gasteiger partial charge is 0.309 e. The average Bonchev–Trinajstić information content (AvgIpc) is 3.34. The molecule has 1 aliphatic carbocycles. The van der Waals surface area contributed by atoms with E-state index in [0.29, 0.717) is 19.3 Å². The molecule has 0 radical (unpaired) electrons. The van der Waals surface area contributed by atoms with E-state index < -0.39 is 30.4 Å². The van der Waals surface area contributed by atoms with Crippen LogP contribution >= 0.6 is 0 Å². The van der Waals surface area contributed by atoms with E-state index in [2.05, 4.69) is 20.8 Å². The fourth-order valence-electron chi connectivity index (χ4n) is 6.60. The summed E-state index contributed by atoms with van der Waals surface area (Å²) in [6.07, 6.45) is 27.9. The van der Waals surface area contributed by atoms with Crippen LogP contribution in [0, 0.1) is 17.8 Å². The third-order valence-corrected chi connectivity index (χ3v) is 9.72. The molecule has 0 aromatic heterocycles. The van der Waals surface area contributed by atoms with Crippen LogP contribution in [0.25, 0.3) is 0 Å². The molecule has 1 saturated carbocycles. The summed E-state index contributed by atoms with van der Waals surface area (Å²) in [6.45, 7) is 6.27. The maximum Gasteiger partial charge on any atom is 0.309 e. The van der Waals surface area contributed by atoms with Gasteiger partial charge in [0, 0.05) is 18.8 Å². The lowest BCUT2D eigenvalue weighted by molar-refractivity contribution is -0.151. The van der Waals surface area contributed by atoms with Crippen LogP contribution in [0.1, 0.15) is 168 Å². The van der Waals surface area contributed by atoms with Crippen molar-refractivity contribution in [3.8, 4) is 0 Å². The maximum atomic E-state index is 12.1. The van der Waals surface area contributed by atoms with E-state index >= 15 is 0 Å². The van der Waals surface area contributed by atoms with Gasteiger partial charge in [-0.1, -0.05) is 154 Å². The van der Waals surface area contributed by atoms with E-state index in [1.165, 1.54) is 77.0 Å². The van der Waals surface area contributed by atoms with Crippen molar-refractivity contribution >= 4 is 11.9 Å². The Morgan fingerprint density at radius 2 is 1.22 bits per heavy atom.